The van der Waals surface area contributed by atoms with Crippen molar-refractivity contribution < 1.29 is 18.0 Å². The largest absolute Gasteiger partial charge is 0.416 e. The zero-order valence-electron chi connectivity index (χ0n) is 10.5. The summed E-state index contributed by atoms with van der Waals surface area (Å²) in [4.78, 5) is 15.0. The first-order valence-corrected chi connectivity index (χ1v) is 5.88. The number of halogens is 3. The first-order chi connectivity index (χ1) is 9.43. The summed E-state index contributed by atoms with van der Waals surface area (Å²) < 4.78 is 37.3. The summed E-state index contributed by atoms with van der Waals surface area (Å²) in [5.74, 6) is -0.172. The number of nitrogens with one attached hydrogen (secondary N) is 2. The van der Waals surface area contributed by atoms with E-state index in [2.05, 4.69) is 15.6 Å². The van der Waals surface area contributed by atoms with Crippen molar-refractivity contribution in [1.29, 1.82) is 5.26 Å². The molecule has 1 rings (SSSR count). The number of alkyl halides is 3. The maximum absolute atomic E-state index is 12.4. The van der Waals surface area contributed by atoms with Gasteiger partial charge in [-0.05, 0) is 25.0 Å². The van der Waals surface area contributed by atoms with Gasteiger partial charge in [-0.2, -0.15) is 18.4 Å². The van der Waals surface area contributed by atoms with Gasteiger partial charge >= 0.3 is 12.2 Å². The number of pyridine rings is 1. The van der Waals surface area contributed by atoms with Crippen molar-refractivity contribution in [2.75, 3.05) is 11.9 Å². The molecule has 0 radical (unpaired) electrons. The molecule has 0 fully saturated rings. The lowest BCUT2D eigenvalue weighted by molar-refractivity contribution is -0.137. The van der Waals surface area contributed by atoms with Crippen LogP contribution in [0.25, 0.3) is 0 Å². The minimum Gasteiger partial charge on any atom is -0.338 e. The van der Waals surface area contributed by atoms with Crippen molar-refractivity contribution in [3.8, 4) is 6.07 Å². The molecule has 0 saturated heterocycles. The lowest BCUT2D eigenvalue weighted by Gasteiger charge is -2.09. The van der Waals surface area contributed by atoms with Gasteiger partial charge in [-0.15, -0.1) is 0 Å². The predicted molar refractivity (Wildman–Crippen MR) is 65.7 cm³/mol. The first-order valence-electron chi connectivity index (χ1n) is 5.88. The van der Waals surface area contributed by atoms with Crippen LogP contribution in [0, 0.1) is 11.3 Å². The van der Waals surface area contributed by atoms with Crippen molar-refractivity contribution in [2.24, 2.45) is 0 Å². The van der Waals surface area contributed by atoms with E-state index in [0.717, 1.165) is 18.3 Å². The van der Waals surface area contributed by atoms with Gasteiger partial charge in [0.15, 0.2) is 0 Å². The van der Waals surface area contributed by atoms with Crippen molar-refractivity contribution in [1.82, 2.24) is 10.3 Å². The molecule has 1 aromatic heterocycles. The number of nitrogens with zero attached hydrogens (tertiary/aromatic N) is 2. The van der Waals surface area contributed by atoms with Gasteiger partial charge in [-0.1, -0.05) is 0 Å². The summed E-state index contributed by atoms with van der Waals surface area (Å²) in [6.45, 7) is 0.340. The number of hydrogen-bond acceptors (Lipinski definition) is 3. The highest BCUT2D eigenvalue weighted by molar-refractivity contribution is 5.88. The Labute approximate surface area is 113 Å². The average molecular weight is 286 g/mol. The van der Waals surface area contributed by atoms with Crippen LogP contribution in [-0.2, 0) is 6.18 Å². The van der Waals surface area contributed by atoms with E-state index < -0.39 is 17.8 Å². The molecule has 108 valence electrons. The number of unbranched alkanes of at least 4 members (excludes halogenated alkanes) is 2. The standard InChI is InChI=1S/C12H13F3N4O/c13-12(14,15)9-4-7-17-10(8-9)19-11(20)18-6-3-1-2-5-16/h4,7-8H,1-3,6H2,(H2,17,18,19,20). The molecule has 0 aliphatic rings. The monoisotopic (exact) mass is 286 g/mol. The van der Waals surface area contributed by atoms with Gasteiger partial charge in [0.1, 0.15) is 5.82 Å². The molecular formula is C12H13F3N4O. The fourth-order valence-corrected chi connectivity index (χ4v) is 1.37. The molecule has 2 amide bonds. The van der Waals surface area contributed by atoms with Gasteiger partial charge in [-0.3, -0.25) is 5.32 Å². The molecule has 0 saturated carbocycles. The molecule has 0 bridgehead atoms. The quantitative estimate of drug-likeness (QED) is 0.817. The van der Waals surface area contributed by atoms with Crippen molar-refractivity contribution in [2.45, 2.75) is 25.4 Å². The lowest BCUT2D eigenvalue weighted by atomic mass is 10.2. The molecular weight excluding hydrogens is 273 g/mol. The lowest BCUT2D eigenvalue weighted by Crippen LogP contribution is -2.30. The molecule has 1 aromatic rings. The average Bonchev–Trinajstić information content (AvgIpc) is 2.38. The number of nitriles is 1. The van der Waals surface area contributed by atoms with Gasteiger partial charge in [-0.25, -0.2) is 9.78 Å². The molecule has 1 heterocycles. The maximum Gasteiger partial charge on any atom is 0.416 e. The zero-order valence-corrected chi connectivity index (χ0v) is 10.5. The maximum atomic E-state index is 12.4. The summed E-state index contributed by atoms with van der Waals surface area (Å²) in [7, 11) is 0. The van der Waals surface area contributed by atoms with Gasteiger partial charge in [0.25, 0.3) is 0 Å². The third-order valence-electron chi connectivity index (χ3n) is 2.33. The van der Waals surface area contributed by atoms with Crippen LogP contribution in [0.3, 0.4) is 0 Å². The van der Waals surface area contributed by atoms with E-state index in [1.807, 2.05) is 6.07 Å². The third kappa shape index (κ3) is 5.56. The highest BCUT2D eigenvalue weighted by Crippen LogP contribution is 2.29. The van der Waals surface area contributed by atoms with Crippen LogP contribution in [0.5, 0.6) is 0 Å². The molecule has 0 atom stereocenters. The minimum atomic E-state index is -4.48. The molecule has 0 unspecified atom stereocenters. The van der Waals surface area contributed by atoms with Crippen LogP contribution < -0.4 is 10.6 Å². The number of rotatable bonds is 5. The second kappa shape index (κ2) is 7.33. The summed E-state index contributed by atoms with van der Waals surface area (Å²) in [5, 5.41) is 13.0. The molecule has 0 aliphatic carbocycles. The van der Waals surface area contributed by atoms with Gasteiger partial charge in [0, 0.05) is 19.2 Å². The Bertz CT molecular complexity index is 496. The molecule has 8 heteroatoms. The smallest absolute Gasteiger partial charge is 0.338 e. The highest BCUT2D eigenvalue weighted by atomic mass is 19.4. The number of urea groups is 1. The van der Waals surface area contributed by atoms with E-state index in [4.69, 9.17) is 5.26 Å². The second-order valence-corrected chi connectivity index (χ2v) is 3.92. The van der Waals surface area contributed by atoms with E-state index in [1.54, 1.807) is 0 Å². The van der Waals surface area contributed by atoms with Gasteiger partial charge < -0.3 is 5.32 Å². The SMILES string of the molecule is N#CCCCCNC(=O)Nc1cc(C(F)(F)F)ccn1. The van der Waals surface area contributed by atoms with Crippen molar-refractivity contribution in [3.05, 3.63) is 23.9 Å². The van der Waals surface area contributed by atoms with E-state index in [9.17, 15) is 18.0 Å². The fourth-order valence-electron chi connectivity index (χ4n) is 1.37. The Morgan fingerprint density at radius 2 is 2.15 bits per heavy atom. The molecule has 20 heavy (non-hydrogen) atoms. The van der Waals surface area contributed by atoms with Gasteiger partial charge in [0.2, 0.25) is 0 Å². The number of carbonyl (C=O) groups excluding carboxylic acids is 1. The topological polar surface area (TPSA) is 77.8 Å². The highest BCUT2D eigenvalue weighted by Gasteiger charge is 2.30. The number of aromatic nitrogens is 1. The summed E-state index contributed by atoms with van der Waals surface area (Å²) in [6.07, 6.45) is -1.83. The molecule has 0 aliphatic heterocycles. The molecule has 2 N–H and O–H groups in total. The molecule has 5 nitrogen and oxygen atoms in total. The Balaban J connectivity index is 2.44. The van der Waals surface area contributed by atoms with Gasteiger partial charge in [0.05, 0.1) is 11.6 Å². The Morgan fingerprint density at radius 1 is 1.40 bits per heavy atom. The summed E-state index contributed by atoms with van der Waals surface area (Å²) in [6, 6.07) is 2.92. The van der Waals surface area contributed by atoms with E-state index in [-0.39, 0.29) is 5.82 Å². The van der Waals surface area contributed by atoms with Crippen LogP contribution >= 0.6 is 0 Å². The van der Waals surface area contributed by atoms with E-state index in [1.165, 1.54) is 0 Å². The van der Waals surface area contributed by atoms with Crippen LogP contribution in [0.2, 0.25) is 0 Å². The normalized spacial score (nSPS) is 10.7. The summed E-state index contributed by atoms with van der Waals surface area (Å²) >= 11 is 0. The van der Waals surface area contributed by atoms with Crippen LogP contribution in [0.1, 0.15) is 24.8 Å². The molecule has 0 aromatic carbocycles. The van der Waals surface area contributed by atoms with E-state index >= 15 is 0 Å². The number of hydrogen-bond donors (Lipinski definition) is 2. The Hall–Kier alpha value is -2.30. The number of anilines is 1. The first kappa shape index (κ1) is 15.8. The fraction of sp³-hybridized carbons (Fsp3) is 0.417. The van der Waals surface area contributed by atoms with E-state index in [0.29, 0.717) is 25.8 Å². The number of carbonyl (C=O) groups is 1. The van der Waals surface area contributed by atoms with Crippen molar-refractivity contribution >= 4 is 11.8 Å². The zero-order chi connectivity index (χ0) is 15.0. The van der Waals surface area contributed by atoms with Crippen LogP contribution in [0.4, 0.5) is 23.8 Å². The Morgan fingerprint density at radius 3 is 2.80 bits per heavy atom. The molecule has 0 spiro atoms. The minimum absolute atomic E-state index is 0.172. The van der Waals surface area contributed by atoms with Crippen LogP contribution in [0.15, 0.2) is 18.3 Å². The second-order valence-electron chi connectivity index (χ2n) is 3.92. The van der Waals surface area contributed by atoms with Crippen molar-refractivity contribution in [3.63, 3.8) is 0 Å². The predicted octanol–water partition coefficient (Wildman–Crippen LogP) is 2.92. The summed E-state index contributed by atoms with van der Waals surface area (Å²) in [5.41, 5.74) is -0.878. The Kier molecular flexibility index (Phi) is 5.77. The third-order valence-corrected chi connectivity index (χ3v) is 2.33. The van der Waals surface area contributed by atoms with Crippen LogP contribution in [-0.4, -0.2) is 17.6 Å². The number of amides is 2.